The van der Waals surface area contributed by atoms with Gasteiger partial charge in [0.2, 0.25) is 0 Å². The van der Waals surface area contributed by atoms with E-state index in [2.05, 4.69) is 4.74 Å². The highest BCUT2D eigenvalue weighted by Crippen LogP contribution is 2.38. The highest BCUT2D eigenvalue weighted by Gasteiger charge is 2.27. The van der Waals surface area contributed by atoms with Crippen molar-refractivity contribution in [1.29, 1.82) is 0 Å². The second-order valence-electron chi connectivity index (χ2n) is 9.49. The van der Waals surface area contributed by atoms with Crippen LogP contribution in [0.25, 0.3) is 0 Å². The Hall–Kier alpha value is -3.90. The summed E-state index contributed by atoms with van der Waals surface area (Å²) in [6, 6.07) is 9.89. The average molecular weight is 612 g/mol. The quantitative estimate of drug-likeness (QED) is 0.0995. The van der Waals surface area contributed by atoms with Crippen LogP contribution >= 0.6 is 23.2 Å². The number of hydrogen-bond acceptors (Lipinski definition) is 7. The van der Waals surface area contributed by atoms with Crippen molar-refractivity contribution < 1.29 is 37.4 Å². The van der Waals surface area contributed by atoms with Crippen LogP contribution in [0.4, 0.5) is 19.3 Å². The van der Waals surface area contributed by atoms with E-state index < -0.39 is 23.7 Å². The molecule has 0 spiro atoms. The van der Waals surface area contributed by atoms with E-state index in [9.17, 15) is 28.9 Å². The fourth-order valence-corrected chi connectivity index (χ4v) is 4.53. The van der Waals surface area contributed by atoms with Gasteiger partial charge in [0, 0.05) is 37.7 Å². The molecule has 4 rings (SSSR count). The zero-order valence-corrected chi connectivity index (χ0v) is 23.2. The topological polar surface area (TPSA) is 118 Å². The lowest BCUT2D eigenvalue weighted by molar-refractivity contribution is -0.605. The van der Waals surface area contributed by atoms with E-state index in [1.165, 1.54) is 54.4 Å². The van der Waals surface area contributed by atoms with Gasteiger partial charge in [-0.25, -0.2) is 4.79 Å². The first kappa shape index (κ1) is 30.1. The maximum atomic E-state index is 13.2. The largest absolute Gasteiger partial charge is 0.619 e. The number of nitrogens with zero attached hydrogens (tertiary/aromatic N) is 3. The Labute approximate surface area is 243 Å². The summed E-state index contributed by atoms with van der Waals surface area (Å²) in [6.45, 7) is -2.69. The first-order valence-corrected chi connectivity index (χ1v) is 13.2. The number of non-ortho nitro benzene ring substituents is 1. The Morgan fingerprint density at radius 1 is 1.12 bits per heavy atom. The third-order valence-electron chi connectivity index (χ3n) is 6.30. The minimum Gasteiger partial charge on any atom is -0.619 e. The summed E-state index contributed by atoms with van der Waals surface area (Å²) in [6.07, 6.45) is 2.28. The first-order chi connectivity index (χ1) is 19.5. The zero-order chi connectivity index (χ0) is 29.7. The maximum absolute atomic E-state index is 13.2. The second-order valence-corrected chi connectivity index (χ2v) is 10.3. The van der Waals surface area contributed by atoms with Crippen LogP contribution in [-0.2, 0) is 17.7 Å². The minimum atomic E-state index is -3.08. The first-order valence-electron chi connectivity index (χ1n) is 12.4. The van der Waals surface area contributed by atoms with Crippen molar-refractivity contribution in [2.24, 2.45) is 5.92 Å². The number of pyridine rings is 1. The van der Waals surface area contributed by atoms with E-state index in [4.69, 9.17) is 32.7 Å². The van der Waals surface area contributed by atoms with Crippen LogP contribution in [0, 0.1) is 21.2 Å². The maximum Gasteiger partial charge on any atom is 0.410 e. The highest BCUT2D eigenvalue weighted by atomic mass is 35.5. The smallest absolute Gasteiger partial charge is 0.410 e. The summed E-state index contributed by atoms with van der Waals surface area (Å²) in [5, 5.41) is 22.7. The van der Waals surface area contributed by atoms with Crippen LogP contribution in [0.3, 0.4) is 0 Å². The van der Waals surface area contributed by atoms with Gasteiger partial charge in [-0.15, -0.1) is 0 Å². The molecule has 1 aliphatic carbocycles. The summed E-state index contributed by atoms with van der Waals surface area (Å²) in [5.41, 5.74) is 1.23. The van der Waals surface area contributed by atoms with Crippen LogP contribution in [0.1, 0.15) is 35.6 Å². The van der Waals surface area contributed by atoms with Gasteiger partial charge >= 0.3 is 12.7 Å². The predicted molar refractivity (Wildman–Crippen MR) is 144 cm³/mol. The Bertz CT molecular complexity index is 1390. The van der Waals surface area contributed by atoms with Crippen LogP contribution in [0.2, 0.25) is 10.0 Å². The number of carbonyl (C=O) groups excluding carboxylic acids is 1. The van der Waals surface area contributed by atoms with Gasteiger partial charge in [0.25, 0.3) is 5.69 Å². The molecule has 41 heavy (non-hydrogen) atoms. The summed E-state index contributed by atoms with van der Waals surface area (Å²) in [7, 11) is 1.48. The third-order valence-corrected chi connectivity index (χ3v) is 6.95. The summed E-state index contributed by atoms with van der Waals surface area (Å²) in [4.78, 5) is 24.8. The van der Waals surface area contributed by atoms with Crippen molar-refractivity contribution in [2.75, 3.05) is 13.7 Å². The van der Waals surface area contributed by atoms with Gasteiger partial charge in [0.1, 0.15) is 16.1 Å². The van der Waals surface area contributed by atoms with Crippen LogP contribution < -0.4 is 14.2 Å². The minimum absolute atomic E-state index is 0.0376. The van der Waals surface area contributed by atoms with E-state index in [1.54, 1.807) is 0 Å². The number of nitro benzene ring substituents is 1. The molecule has 1 heterocycles. The molecule has 0 unspecified atom stereocenters. The van der Waals surface area contributed by atoms with E-state index in [1.807, 2.05) is 0 Å². The normalized spacial score (nSPS) is 13.5. The molecule has 3 aromatic rings. The third kappa shape index (κ3) is 8.30. The monoisotopic (exact) mass is 611 g/mol. The molecule has 1 fully saturated rings. The zero-order valence-electron chi connectivity index (χ0n) is 21.7. The molecule has 1 saturated carbocycles. The number of rotatable bonds is 12. The van der Waals surface area contributed by atoms with Gasteiger partial charge < -0.3 is 24.3 Å². The summed E-state index contributed by atoms with van der Waals surface area (Å²) in [5.74, 6) is 0.200. The average Bonchev–Trinajstić information content (AvgIpc) is 3.74. The van der Waals surface area contributed by atoms with Crippen molar-refractivity contribution in [2.45, 2.75) is 38.5 Å². The lowest BCUT2D eigenvalue weighted by atomic mass is 10.0. The standard InChI is InChI=1S/C27H25Cl2F2N3O7/c1-32(12-16-4-7-19(8-5-16)34(37)38)27(35)41-24(11-20-21(28)13-33(36)14-22(20)29)18-6-9-23(40-26(30)31)25(10-18)39-15-17-2-3-17/h4-10,13-14,17,24,26H,2-3,11-12,15H2,1H3/t24-/m0/s1. The molecular formula is C27H25Cl2F2N3O7. The summed E-state index contributed by atoms with van der Waals surface area (Å²) < 4.78 is 42.7. The van der Waals surface area contributed by atoms with Gasteiger partial charge in [0.05, 0.1) is 11.5 Å². The van der Waals surface area contributed by atoms with Crippen molar-refractivity contribution in [3.63, 3.8) is 0 Å². The van der Waals surface area contributed by atoms with Crippen molar-refractivity contribution in [3.8, 4) is 11.5 Å². The highest BCUT2D eigenvalue weighted by molar-refractivity contribution is 6.35. The Kier molecular flexibility index (Phi) is 9.66. The predicted octanol–water partition coefficient (Wildman–Crippen LogP) is 6.48. The Balaban J connectivity index is 1.61. The fraction of sp³-hybridized carbons (Fsp3) is 0.333. The van der Waals surface area contributed by atoms with Crippen molar-refractivity contribution >= 4 is 35.0 Å². The van der Waals surface area contributed by atoms with E-state index in [0.29, 0.717) is 33.9 Å². The Morgan fingerprint density at radius 2 is 1.78 bits per heavy atom. The number of halogens is 4. The number of alkyl halides is 2. The van der Waals surface area contributed by atoms with Crippen molar-refractivity contribution in [3.05, 3.63) is 96.9 Å². The van der Waals surface area contributed by atoms with Gasteiger partial charge in [0.15, 0.2) is 23.9 Å². The van der Waals surface area contributed by atoms with Crippen LogP contribution in [-0.4, -0.2) is 36.2 Å². The Morgan fingerprint density at radius 3 is 2.37 bits per heavy atom. The lowest BCUT2D eigenvalue weighted by Gasteiger charge is -2.24. The fourth-order valence-electron chi connectivity index (χ4n) is 3.93. The second kappa shape index (κ2) is 13.2. The number of carbonyl (C=O) groups is 1. The van der Waals surface area contributed by atoms with Gasteiger partial charge in [-0.2, -0.15) is 13.5 Å². The molecule has 1 amide bonds. The molecule has 1 aromatic heterocycles. The van der Waals surface area contributed by atoms with Gasteiger partial charge in [-0.3, -0.25) is 10.1 Å². The SMILES string of the molecule is CN(Cc1ccc([N+](=O)[O-])cc1)C(=O)O[C@@H](Cc1c(Cl)c[n+]([O-])cc1Cl)c1ccc(OC(F)F)c(OCC2CC2)c1. The number of amides is 1. The lowest BCUT2D eigenvalue weighted by Crippen LogP contribution is -2.29. The molecule has 0 saturated heterocycles. The van der Waals surface area contributed by atoms with E-state index in [0.717, 1.165) is 25.2 Å². The molecule has 2 aromatic carbocycles. The number of aromatic nitrogens is 1. The van der Waals surface area contributed by atoms with Gasteiger partial charge in [-0.1, -0.05) is 41.4 Å². The molecule has 14 heteroatoms. The molecule has 1 aliphatic rings. The van der Waals surface area contributed by atoms with Gasteiger partial charge in [-0.05, 0) is 42.0 Å². The number of hydrogen-bond donors (Lipinski definition) is 0. The van der Waals surface area contributed by atoms with Crippen LogP contribution in [0.15, 0.2) is 54.9 Å². The molecule has 0 N–H and O–H groups in total. The molecule has 0 aliphatic heterocycles. The van der Waals surface area contributed by atoms with Crippen LogP contribution in [0.5, 0.6) is 11.5 Å². The molecule has 218 valence electrons. The van der Waals surface area contributed by atoms with Crippen molar-refractivity contribution in [1.82, 2.24) is 4.90 Å². The van der Waals surface area contributed by atoms with E-state index in [-0.39, 0.29) is 40.2 Å². The number of ether oxygens (including phenoxy) is 3. The molecule has 1 atom stereocenters. The number of benzene rings is 2. The molecule has 0 radical (unpaired) electrons. The summed E-state index contributed by atoms with van der Waals surface area (Å²) >= 11 is 12.6. The molecule has 0 bridgehead atoms. The molecular weight excluding hydrogens is 587 g/mol. The number of nitro groups is 1. The molecule has 10 nitrogen and oxygen atoms in total. The van der Waals surface area contributed by atoms with E-state index >= 15 is 0 Å².